The summed E-state index contributed by atoms with van der Waals surface area (Å²) in [5.41, 5.74) is 8.74. The van der Waals surface area contributed by atoms with Crippen LogP contribution in [0.2, 0.25) is 0 Å². The molecule has 0 aliphatic carbocycles. The quantitative estimate of drug-likeness (QED) is 0.280. The van der Waals surface area contributed by atoms with Gasteiger partial charge in [0.1, 0.15) is 23.2 Å². The van der Waals surface area contributed by atoms with E-state index in [2.05, 4.69) is 53.6 Å². The van der Waals surface area contributed by atoms with E-state index in [0.29, 0.717) is 5.69 Å². The third-order valence-electron chi connectivity index (χ3n) is 6.80. The molecular formula is C31H32N6O. The van der Waals surface area contributed by atoms with Crippen LogP contribution in [0, 0.1) is 11.3 Å². The molecule has 3 aromatic heterocycles. The molecule has 1 N–H and O–H groups in total. The van der Waals surface area contributed by atoms with Crippen LogP contribution in [0.1, 0.15) is 50.1 Å². The van der Waals surface area contributed by atoms with E-state index in [-0.39, 0.29) is 20.8 Å². The van der Waals surface area contributed by atoms with Crippen LogP contribution in [0.4, 0.5) is 0 Å². The normalized spacial score (nSPS) is 12.5. The Morgan fingerprint density at radius 2 is 1.79 bits per heavy atom. The number of hydrogen-bond donors (Lipinski definition) is 1. The molecule has 5 aromatic rings. The van der Waals surface area contributed by atoms with Crippen LogP contribution in [-0.4, -0.2) is 26.9 Å². The van der Waals surface area contributed by atoms with Crippen LogP contribution >= 0.6 is 0 Å². The van der Waals surface area contributed by atoms with E-state index in [4.69, 9.17) is 14.8 Å². The molecule has 1 atom stereocenters. The molecule has 4 heterocycles. The minimum absolute atomic E-state index is 0. The van der Waals surface area contributed by atoms with Crippen molar-refractivity contribution in [2.75, 3.05) is 7.11 Å². The highest BCUT2D eigenvalue weighted by Crippen LogP contribution is 2.38. The molecule has 7 nitrogen and oxygen atoms in total. The van der Waals surface area contributed by atoms with E-state index in [9.17, 15) is 5.26 Å². The van der Waals surface area contributed by atoms with Crippen molar-refractivity contribution in [2.45, 2.75) is 34.1 Å². The molecule has 0 fully saturated rings. The van der Waals surface area contributed by atoms with E-state index in [0.717, 1.165) is 62.1 Å². The molecule has 1 aliphatic heterocycles. The van der Waals surface area contributed by atoms with Gasteiger partial charge in [-0.25, -0.2) is 4.98 Å². The van der Waals surface area contributed by atoms with Gasteiger partial charge in [0.25, 0.3) is 0 Å². The van der Waals surface area contributed by atoms with Crippen molar-refractivity contribution in [1.29, 1.82) is 5.26 Å². The summed E-state index contributed by atoms with van der Waals surface area (Å²) in [6.45, 7) is 2.17. The fraction of sp³-hybridized carbons (Fsp3) is 0.226. The van der Waals surface area contributed by atoms with Gasteiger partial charge in [-0.3, -0.25) is 9.67 Å². The summed E-state index contributed by atoms with van der Waals surface area (Å²) >= 11 is 0. The minimum Gasteiger partial charge on any atom is -0.496 e. The first kappa shape index (κ1) is 26.4. The van der Waals surface area contributed by atoms with Crippen molar-refractivity contribution in [2.24, 2.45) is 7.05 Å². The van der Waals surface area contributed by atoms with E-state index >= 15 is 0 Å². The van der Waals surface area contributed by atoms with E-state index in [1.165, 1.54) is 5.56 Å². The first-order valence-electron chi connectivity index (χ1n) is 11.8. The fourth-order valence-corrected chi connectivity index (χ4v) is 4.87. The molecule has 6 rings (SSSR count). The number of rotatable bonds is 6. The van der Waals surface area contributed by atoms with Gasteiger partial charge >= 0.3 is 0 Å². The van der Waals surface area contributed by atoms with E-state index < -0.39 is 0 Å². The molecular weight excluding hydrogens is 472 g/mol. The third-order valence-corrected chi connectivity index (χ3v) is 6.80. The Hall–Kier alpha value is -4.70. The summed E-state index contributed by atoms with van der Waals surface area (Å²) in [5, 5.41) is 19.4. The lowest BCUT2D eigenvalue weighted by Crippen LogP contribution is -2.03. The van der Waals surface area contributed by atoms with Gasteiger partial charge in [0.05, 0.1) is 30.0 Å². The lowest BCUT2D eigenvalue weighted by atomic mass is 9.91. The molecule has 0 radical (unpaired) electrons. The average Bonchev–Trinajstić information content (AvgIpc) is 3.71. The van der Waals surface area contributed by atoms with Gasteiger partial charge in [0.15, 0.2) is 0 Å². The number of nitriles is 1. The maximum atomic E-state index is 9.23. The van der Waals surface area contributed by atoms with Crippen LogP contribution in [0.15, 0.2) is 67.1 Å². The predicted octanol–water partition coefficient (Wildman–Crippen LogP) is 6.58. The Morgan fingerprint density at radius 3 is 2.47 bits per heavy atom. The van der Waals surface area contributed by atoms with Crippen molar-refractivity contribution >= 4 is 27.5 Å². The first-order chi connectivity index (χ1) is 17.6. The van der Waals surface area contributed by atoms with E-state index in [1.807, 2.05) is 42.3 Å². The number of fused-ring (bicyclic) bond motifs is 3. The van der Waals surface area contributed by atoms with Crippen molar-refractivity contribution in [3.8, 4) is 23.1 Å². The number of aryl methyl sites for hydroxylation is 1. The molecule has 0 saturated carbocycles. The topological polar surface area (TPSA) is 98.6 Å². The second kappa shape index (κ2) is 10.3. The summed E-state index contributed by atoms with van der Waals surface area (Å²) in [6.07, 6.45) is 6.32. The predicted molar refractivity (Wildman–Crippen MR) is 154 cm³/mol. The van der Waals surface area contributed by atoms with Crippen LogP contribution in [0.5, 0.6) is 5.75 Å². The molecule has 1 aliphatic rings. The molecule has 38 heavy (non-hydrogen) atoms. The van der Waals surface area contributed by atoms with Gasteiger partial charge in [-0.15, -0.1) is 0 Å². The van der Waals surface area contributed by atoms with Gasteiger partial charge in [-0.2, -0.15) is 10.4 Å². The van der Waals surface area contributed by atoms with Crippen LogP contribution in [0.25, 0.3) is 38.8 Å². The molecule has 0 bridgehead atoms. The van der Waals surface area contributed by atoms with Crippen molar-refractivity contribution in [3.05, 3.63) is 89.5 Å². The second-order valence-electron chi connectivity index (χ2n) is 9.15. The van der Waals surface area contributed by atoms with Gasteiger partial charge < -0.3 is 10.1 Å². The largest absolute Gasteiger partial charge is 0.496 e. The highest BCUT2D eigenvalue weighted by atomic mass is 16.5. The lowest BCUT2D eigenvalue weighted by molar-refractivity contribution is 0.407. The Balaban J connectivity index is 0.00000168. The summed E-state index contributed by atoms with van der Waals surface area (Å²) < 4.78 is 7.69. The number of nitrogens with one attached hydrogen (secondary N) is 1. The van der Waals surface area contributed by atoms with Gasteiger partial charge in [-0.05, 0) is 47.2 Å². The third kappa shape index (κ3) is 4.57. The van der Waals surface area contributed by atoms with Crippen LogP contribution < -0.4 is 10.1 Å². The fourth-order valence-electron chi connectivity index (χ4n) is 4.87. The molecule has 7 heteroatoms. The van der Waals surface area contributed by atoms with Gasteiger partial charge in [0, 0.05) is 41.8 Å². The molecule has 1 unspecified atom stereocenters. The Kier molecular flexibility index (Phi) is 7.18. The number of benzene rings is 2. The molecule has 0 saturated heterocycles. The highest BCUT2D eigenvalue weighted by Gasteiger charge is 2.20. The summed E-state index contributed by atoms with van der Waals surface area (Å²) in [5.74, 6) is 0.948. The maximum absolute atomic E-state index is 9.23. The maximum Gasteiger partial charge on any atom is 0.140 e. The van der Waals surface area contributed by atoms with E-state index in [1.54, 1.807) is 13.3 Å². The number of aromatic nitrogens is 4. The Bertz CT molecular complexity index is 1710. The molecule has 0 spiro atoms. The number of pyridine rings is 2. The second-order valence-corrected chi connectivity index (χ2v) is 9.15. The average molecular weight is 505 g/mol. The number of ether oxygens (including phenoxy) is 1. The smallest absolute Gasteiger partial charge is 0.140 e. The molecule has 192 valence electrons. The molecule has 2 aromatic carbocycles. The van der Waals surface area contributed by atoms with Crippen LogP contribution in [0.3, 0.4) is 0 Å². The summed E-state index contributed by atoms with van der Waals surface area (Å²) in [4.78, 5) is 8.83. The molecule has 0 amide bonds. The zero-order valence-corrected chi connectivity index (χ0v) is 20.3. The zero-order valence-electron chi connectivity index (χ0n) is 20.3. The number of nitrogens with zero attached hydrogens (tertiary/aromatic N) is 5. The Morgan fingerprint density at radius 1 is 1.05 bits per heavy atom. The standard InChI is InChI=1S/C29H24N6O.2CH4/c1-17(10-18-8-9-31-21(11-18)14-30)22-12-23-24(13-27(22)36-3)33-16-26-28(23)29(34-35(26)2)20-6-4-19(5-7-20)25-15-32-25;;/h4-9,11-13,15-17,32H,10H2,1-3H3;2*1H4. The number of hydrogen-bond acceptors (Lipinski definition) is 6. The SMILES string of the molecule is C.C.COc1cc2ncc3c(c(-c4ccc(C5=CN5)cc4)nn3C)c2cc1C(C)Cc1ccnc(C#N)c1. The number of methoxy groups -OCH3 is 1. The highest BCUT2D eigenvalue weighted by molar-refractivity contribution is 6.11. The zero-order chi connectivity index (χ0) is 24.8. The van der Waals surface area contributed by atoms with Crippen molar-refractivity contribution in [3.63, 3.8) is 0 Å². The van der Waals surface area contributed by atoms with Crippen LogP contribution in [-0.2, 0) is 13.5 Å². The Labute approximate surface area is 223 Å². The van der Waals surface area contributed by atoms with Crippen molar-refractivity contribution < 1.29 is 4.74 Å². The lowest BCUT2D eigenvalue weighted by Gasteiger charge is -2.17. The van der Waals surface area contributed by atoms with Crippen molar-refractivity contribution in [1.82, 2.24) is 25.1 Å². The summed E-state index contributed by atoms with van der Waals surface area (Å²) in [7, 11) is 3.65. The van der Waals surface area contributed by atoms with Gasteiger partial charge in [-0.1, -0.05) is 46.0 Å². The minimum atomic E-state index is 0. The summed E-state index contributed by atoms with van der Waals surface area (Å²) in [6, 6.07) is 18.6. The monoisotopic (exact) mass is 504 g/mol. The first-order valence-corrected chi connectivity index (χ1v) is 11.8. The van der Waals surface area contributed by atoms with Gasteiger partial charge in [0.2, 0.25) is 0 Å².